The first kappa shape index (κ1) is 37.1. The van der Waals surface area contributed by atoms with Gasteiger partial charge in [-0.2, -0.15) is 0 Å². The second-order valence-corrected chi connectivity index (χ2v) is 16.7. The Morgan fingerprint density at radius 2 is 0.985 bits per heavy atom. The molecule has 0 unspecified atom stereocenters. The van der Waals surface area contributed by atoms with E-state index in [2.05, 4.69) is 136 Å². The largest absolute Gasteiger partial charge is 0.437 e. The summed E-state index contributed by atoms with van der Waals surface area (Å²) in [7, 11) is 0. The van der Waals surface area contributed by atoms with Crippen molar-refractivity contribution in [3.63, 3.8) is 0 Å². The number of aryl methyl sites for hydroxylation is 5. The third-order valence-electron chi connectivity index (χ3n) is 12.4. The highest BCUT2D eigenvalue weighted by atomic mass is 16.3. The van der Waals surface area contributed by atoms with Crippen LogP contribution in [0.1, 0.15) is 32.1 Å². The van der Waals surface area contributed by atoms with Crippen LogP contribution in [0.5, 0.6) is 0 Å². The fraction of sp³-hybridized carbons (Fsp3) is 0.0820. The molecule has 11 rings (SSSR count). The maximum absolute atomic E-state index is 8.15. The van der Waals surface area contributed by atoms with Gasteiger partial charge in [0.2, 0.25) is 5.71 Å². The summed E-state index contributed by atoms with van der Waals surface area (Å²) in [6.07, 6.45) is 8.98. The molecule has 5 aromatic heterocycles. The van der Waals surface area contributed by atoms with E-state index in [0.717, 1.165) is 104 Å². The molecule has 0 aliphatic heterocycles. The van der Waals surface area contributed by atoms with Crippen molar-refractivity contribution < 1.29 is 8.53 Å². The molecular weight excluding hydrogens is 805 g/mol. The number of fused-ring (bicyclic) bond motifs is 3. The van der Waals surface area contributed by atoms with Crippen LogP contribution in [-0.2, 0) is 25.7 Å². The quantitative estimate of drug-likeness (QED) is 0.122. The predicted molar refractivity (Wildman–Crippen MR) is 270 cm³/mol. The Bertz CT molecular complexity index is 3470. The van der Waals surface area contributed by atoms with Gasteiger partial charge in [0.05, 0.1) is 17.1 Å². The van der Waals surface area contributed by atoms with Crippen LogP contribution in [-0.4, -0.2) is 19.9 Å². The van der Waals surface area contributed by atoms with Crippen molar-refractivity contribution in [2.45, 2.75) is 32.5 Å². The van der Waals surface area contributed by atoms with Gasteiger partial charge in [-0.05, 0) is 143 Å². The Morgan fingerprint density at radius 3 is 1.62 bits per heavy atom. The molecule has 316 valence electrons. The van der Waals surface area contributed by atoms with E-state index in [1.54, 1.807) is 6.07 Å². The Kier molecular flexibility index (Phi) is 10.2. The second kappa shape index (κ2) is 18.1. The number of pyridine rings is 4. The van der Waals surface area contributed by atoms with Crippen molar-refractivity contribution in [1.29, 1.82) is 0 Å². The van der Waals surface area contributed by atoms with Gasteiger partial charge in [0.25, 0.3) is 0 Å². The molecule has 5 heteroatoms. The average Bonchev–Trinajstić information content (AvgIpc) is 3.80. The van der Waals surface area contributed by atoms with Gasteiger partial charge in [0, 0.05) is 55.9 Å². The first-order valence-corrected chi connectivity index (χ1v) is 22.4. The topological polar surface area (TPSA) is 64.7 Å². The number of benzene rings is 6. The van der Waals surface area contributed by atoms with Crippen LogP contribution in [0.4, 0.5) is 0 Å². The Labute approximate surface area is 389 Å². The highest BCUT2D eigenvalue weighted by molar-refractivity contribution is 6.16. The van der Waals surface area contributed by atoms with E-state index in [1.807, 2.05) is 85.3 Å². The van der Waals surface area contributed by atoms with Crippen LogP contribution in [0, 0.1) is 6.85 Å². The summed E-state index contributed by atoms with van der Waals surface area (Å²) >= 11 is 0. The fourth-order valence-electron chi connectivity index (χ4n) is 9.08. The standard InChI is InChI=1S/C61H46N4O/c1-41-17-30-55-59-53(31-32-54(60(59)66-61(55)65-41)58-40-49(33-36-64-58)46-11-3-2-4-12-46)52-14-6-5-13-51(52)50-38-44(20-18-42-22-26-47(27-23-42)56-15-7-9-34-62-56)37-45(39-50)21-19-43-24-28-48(29-25-43)57-16-8-10-35-63-57/h2-17,22-40H,18-21H2,1H3/i1D3. The van der Waals surface area contributed by atoms with Crippen molar-refractivity contribution in [2.75, 3.05) is 0 Å². The van der Waals surface area contributed by atoms with Crippen molar-refractivity contribution in [3.8, 4) is 67.2 Å². The molecule has 6 aromatic carbocycles. The maximum atomic E-state index is 8.15. The summed E-state index contributed by atoms with van der Waals surface area (Å²) < 4.78 is 31.1. The number of rotatable bonds is 12. The molecule has 0 N–H and O–H groups in total. The lowest BCUT2D eigenvalue weighted by Gasteiger charge is -2.16. The zero-order valence-electron chi connectivity index (χ0n) is 39.2. The molecule has 0 amide bonds. The molecule has 66 heavy (non-hydrogen) atoms. The smallest absolute Gasteiger partial charge is 0.227 e. The highest BCUT2D eigenvalue weighted by Crippen LogP contribution is 2.44. The van der Waals surface area contributed by atoms with Gasteiger partial charge in [0.1, 0.15) is 5.58 Å². The molecule has 0 saturated heterocycles. The van der Waals surface area contributed by atoms with Crippen LogP contribution in [0.25, 0.3) is 89.2 Å². The van der Waals surface area contributed by atoms with Gasteiger partial charge < -0.3 is 4.42 Å². The van der Waals surface area contributed by atoms with E-state index in [1.165, 1.54) is 22.3 Å². The Hall–Kier alpha value is -8.28. The molecule has 0 fully saturated rings. The molecule has 0 saturated carbocycles. The van der Waals surface area contributed by atoms with Gasteiger partial charge in [-0.1, -0.05) is 140 Å². The molecule has 0 atom stereocenters. The summed E-state index contributed by atoms with van der Waals surface area (Å²) in [4.78, 5) is 18.5. The van der Waals surface area contributed by atoms with Gasteiger partial charge >= 0.3 is 0 Å². The number of furan rings is 1. The molecule has 0 radical (unpaired) electrons. The minimum atomic E-state index is -2.40. The second-order valence-electron chi connectivity index (χ2n) is 16.7. The zero-order valence-corrected chi connectivity index (χ0v) is 36.2. The maximum Gasteiger partial charge on any atom is 0.227 e. The predicted octanol–water partition coefficient (Wildman–Crippen LogP) is 15.0. The van der Waals surface area contributed by atoms with Crippen molar-refractivity contribution in [2.24, 2.45) is 0 Å². The van der Waals surface area contributed by atoms with Gasteiger partial charge in [-0.15, -0.1) is 0 Å². The van der Waals surface area contributed by atoms with Gasteiger partial charge in [-0.3, -0.25) is 15.0 Å². The van der Waals surface area contributed by atoms with Crippen LogP contribution >= 0.6 is 0 Å². The van der Waals surface area contributed by atoms with E-state index < -0.39 is 6.85 Å². The third kappa shape index (κ3) is 8.43. The lowest BCUT2D eigenvalue weighted by atomic mass is 9.88. The van der Waals surface area contributed by atoms with E-state index in [-0.39, 0.29) is 11.4 Å². The average molecular weight is 854 g/mol. The molecule has 5 heterocycles. The lowest BCUT2D eigenvalue weighted by Crippen LogP contribution is -1.98. The summed E-state index contributed by atoms with van der Waals surface area (Å²) in [6.45, 7) is -2.40. The van der Waals surface area contributed by atoms with E-state index in [9.17, 15) is 0 Å². The van der Waals surface area contributed by atoms with Crippen molar-refractivity contribution in [3.05, 3.63) is 241 Å². The van der Waals surface area contributed by atoms with E-state index in [0.29, 0.717) is 5.58 Å². The number of aromatic nitrogens is 4. The van der Waals surface area contributed by atoms with E-state index in [4.69, 9.17) is 13.5 Å². The number of hydrogen-bond donors (Lipinski definition) is 0. The van der Waals surface area contributed by atoms with Gasteiger partial charge in [0.15, 0.2) is 0 Å². The Balaban J connectivity index is 0.997. The van der Waals surface area contributed by atoms with Crippen molar-refractivity contribution >= 4 is 22.1 Å². The molecular formula is C61H46N4O. The number of hydrogen-bond acceptors (Lipinski definition) is 5. The minimum absolute atomic E-state index is 0.0145. The van der Waals surface area contributed by atoms with Crippen LogP contribution in [0.2, 0.25) is 0 Å². The fourth-order valence-corrected chi connectivity index (χ4v) is 9.08. The SMILES string of the molecule is [2H]C([2H])([2H])c1ccc2c(n1)oc1c(-c3cc(-c4ccccc4)ccn3)ccc(-c3ccccc3-c3cc(CCc4ccc(-c5ccccn5)cc4)cc(CCc4ccc(-c5ccccn5)cc4)c3)c12. The summed E-state index contributed by atoms with van der Waals surface area (Å²) in [5.41, 5.74) is 17.9. The molecule has 0 spiro atoms. The van der Waals surface area contributed by atoms with Crippen LogP contribution in [0.15, 0.2) is 217 Å². The summed E-state index contributed by atoms with van der Waals surface area (Å²) in [6, 6.07) is 67.0. The zero-order chi connectivity index (χ0) is 46.7. The molecule has 11 aromatic rings. The monoisotopic (exact) mass is 853 g/mol. The summed E-state index contributed by atoms with van der Waals surface area (Å²) in [5.74, 6) is 0. The normalized spacial score (nSPS) is 12.2. The van der Waals surface area contributed by atoms with E-state index >= 15 is 0 Å². The Morgan fingerprint density at radius 1 is 0.394 bits per heavy atom. The van der Waals surface area contributed by atoms with Gasteiger partial charge in [-0.25, -0.2) is 4.98 Å². The summed E-state index contributed by atoms with van der Waals surface area (Å²) in [5, 5.41) is 1.59. The first-order chi connectivity index (χ1) is 33.8. The number of nitrogens with zero attached hydrogens (tertiary/aromatic N) is 4. The molecule has 0 aliphatic carbocycles. The lowest BCUT2D eigenvalue weighted by molar-refractivity contribution is 0.653. The highest BCUT2D eigenvalue weighted by Gasteiger charge is 2.21. The molecule has 0 aliphatic rings. The third-order valence-corrected chi connectivity index (χ3v) is 12.4. The molecule has 0 bridgehead atoms. The molecule has 5 nitrogen and oxygen atoms in total. The van der Waals surface area contributed by atoms with Crippen molar-refractivity contribution in [1.82, 2.24) is 19.9 Å². The first-order valence-electron chi connectivity index (χ1n) is 23.9. The minimum Gasteiger partial charge on any atom is -0.437 e. The van der Waals surface area contributed by atoms with Crippen LogP contribution < -0.4 is 0 Å². The van der Waals surface area contributed by atoms with Crippen LogP contribution in [0.3, 0.4) is 0 Å².